The number of hydrogen-bond acceptors (Lipinski definition) is 2. The first kappa shape index (κ1) is 33.8. The summed E-state index contributed by atoms with van der Waals surface area (Å²) in [5.74, 6) is 2.55. The summed E-state index contributed by atoms with van der Waals surface area (Å²) in [6.45, 7) is 21.2. The second-order valence-corrected chi connectivity index (χ2v) is 18.3. The maximum absolute atomic E-state index is 11.6. The van der Waals surface area contributed by atoms with E-state index < -0.39 is 5.97 Å². The molecule has 0 aromatic heterocycles. The van der Waals surface area contributed by atoms with Gasteiger partial charge in [-0.05, 0) is 164 Å². The van der Waals surface area contributed by atoms with E-state index in [0.29, 0.717) is 40.1 Å². The molecule has 3 nitrogen and oxygen atoms in total. The molecule has 5 aliphatic rings. The molecule has 0 spiro atoms. The predicted octanol–water partition coefficient (Wildman–Crippen LogP) is 11.0. The van der Waals surface area contributed by atoms with Crippen LogP contribution < -0.4 is 5.32 Å². The van der Waals surface area contributed by atoms with Crippen LogP contribution in [0.4, 0.5) is 0 Å². The first-order valence-corrected chi connectivity index (χ1v) is 19.3. The third-order valence-electron chi connectivity index (χ3n) is 16.0. The van der Waals surface area contributed by atoms with Crippen LogP contribution in [0.5, 0.6) is 0 Å². The molecule has 3 heteroatoms. The largest absolute Gasteiger partial charge is 0.478 e. The molecule has 2 N–H and O–H groups in total. The highest BCUT2D eigenvalue weighted by molar-refractivity contribution is 5.88. The lowest BCUT2D eigenvalue weighted by atomic mass is 9.33. The van der Waals surface area contributed by atoms with Crippen LogP contribution in [0, 0.1) is 51.2 Å². The van der Waals surface area contributed by atoms with Crippen molar-refractivity contribution < 1.29 is 9.90 Å². The van der Waals surface area contributed by atoms with Gasteiger partial charge in [0.1, 0.15) is 0 Å². The standard InChI is InChI=1S/C45H61NO2/c1-30(2)34-21-26-45(46-29-11-14-31-12-9-8-10-13-31)28-27-43(6)36(39(34)45)19-20-38-42(5)24-22-35(32-15-17-33(18-16-32)40(47)48)41(3,4)37(42)23-25-44(38,43)7/h8-10,12-13,15-18,22,34,36-39,46H,1,11,14,19-21,23-29H2,2-7H3,(H,47,48)/t34-,36+,37-,38+,39+,42-,43+,44+,45-/m0/s1. The molecule has 4 fully saturated rings. The zero-order valence-electron chi connectivity index (χ0n) is 30.7. The normalized spacial score (nSPS) is 39.7. The highest BCUT2D eigenvalue weighted by atomic mass is 16.4. The Morgan fingerprint density at radius 2 is 1.58 bits per heavy atom. The van der Waals surface area contributed by atoms with Gasteiger partial charge in [0, 0.05) is 5.54 Å². The van der Waals surface area contributed by atoms with Crippen molar-refractivity contribution in [3.8, 4) is 0 Å². The van der Waals surface area contributed by atoms with Crippen LogP contribution in [-0.4, -0.2) is 23.2 Å². The average Bonchev–Trinajstić information content (AvgIpc) is 3.44. The van der Waals surface area contributed by atoms with Gasteiger partial charge >= 0.3 is 5.97 Å². The molecular weight excluding hydrogens is 587 g/mol. The van der Waals surface area contributed by atoms with Gasteiger partial charge < -0.3 is 10.4 Å². The minimum absolute atomic E-state index is 0.0404. The van der Waals surface area contributed by atoms with E-state index in [4.69, 9.17) is 0 Å². The molecule has 5 aliphatic carbocycles. The molecule has 0 heterocycles. The number of carboxylic acid groups (broad SMARTS) is 1. The van der Waals surface area contributed by atoms with Crippen molar-refractivity contribution in [3.63, 3.8) is 0 Å². The van der Waals surface area contributed by atoms with E-state index in [1.807, 2.05) is 12.1 Å². The summed E-state index contributed by atoms with van der Waals surface area (Å²) in [7, 11) is 0. The number of aromatic carboxylic acids is 1. The second kappa shape index (κ2) is 12.0. The Balaban J connectivity index is 1.16. The van der Waals surface area contributed by atoms with E-state index in [-0.39, 0.29) is 16.4 Å². The number of nitrogens with one attached hydrogen (secondary N) is 1. The van der Waals surface area contributed by atoms with Crippen LogP contribution in [0.15, 0.2) is 72.8 Å². The maximum Gasteiger partial charge on any atom is 0.335 e. The van der Waals surface area contributed by atoms with Crippen LogP contribution in [0.25, 0.3) is 5.57 Å². The minimum atomic E-state index is -0.854. The van der Waals surface area contributed by atoms with Crippen molar-refractivity contribution in [2.45, 2.75) is 118 Å². The van der Waals surface area contributed by atoms with Crippen molar-refractivity contribution in [1.29, 1.82) is 0 Å². The van der Waals surface area contributed by atoms with Crippen molar-refractivity contribution in [3.05, 3.63) is 89.5 Å². The molecule has 2 aromatic rings. The molecular formula is C45H61NO2. The predicted molar refractivity (Wildman–Crippen MR) is 199 cm³/mol. The average molecular weight is 648 g/mol. The lowest BCUT2D eigenvalue weighted by molar-refractivity contribution is -0.219. The van der Waals surface area contributed by atoms with Gasteiger partial charge in [-0.25, -0.2) is 4.79 Å². The van der Waals surface area contributed by atoms with Gasteiger partial charge in [0.25, 0.3) is 0 Å². The second-order valence-electron chi connectivity index (χ2n) is 18.3. The van der Waals surface area contributed by atoms with Crippen molar-refractivity contribution in [2.75, 3.05) is 6.54 Å². The van der Waals surface area contributed by atoms with Crippen molar-refractivity contribution >= 4 is 11.5 Å². The molecule has 0 amide bonds. The molecule has 258 valence electrons. The van der Waals surface area contributed by atoms with Gasteiger partial charge in [-0.15, -0.1) is 0 Å². The van der Waals surface area contributed by atoms with Crippen LogP contribution in [-0.2, 0) is 6.42 Å². The van der Waals surface area contributed by atoms with Crippen LogP contribution in [0.2, 0.25) is 0 Å². The summed E-state index contributed by atoms with van der Waals surface area (Å²) < 4.78 is 0. The number of carbonyl (C=O) groups is 1. The number of allylic oxidation sites excluding steroid dienone is 3. The van der Waals surface area contributed by atoms with Crippen LogP contribution in [0.3, 0.4) is 0 Å². The molecule has 0 saturated heterocycles. The van der Waals surface area contributed by atoms with E-state index in [0.717, 1.165) is 25.3 Å². The lowest BCUT2D eigenvalue weighted by Gasteiger charge is -2.72. The first-order valence-electron chi connectivity index (χ1n) is 19.3. The number of fused-ring (bicyclic) bond motifs is 7. The molecule has 0 radical (unpaired) electrons. The Bertz CT molecular complexity index is 1570. The zero-order chi connectivity index (χ0) is 34.1. The third-order valence-corrected chi connectivity index (χ3v) is 16.0. The zero-order valence-corrected chi connectivity index (χ0v) is 30.7. The fourth-order valence-electron chi connectivity index (χ4n) is 13.6. The molecule has 0 aliphatic heterocycles. The van der Waals surface area contributed by atoms with E-state index >= 15 is 0 Å². The highest BCUT2D eigenvalue weighted by Crippen LogP contribution is 2.76. The molecule has 9 atom stereocenters. The minimum Gasteiger partial charge on any atom is -0.478 e. The van der Waals surface area contributed by atoms with Gasteiger partial charge in [0.15, 0.2) is 0 Å². The fourth-order valence-corrected chi connectivity index (χ4v) is 13.6. The summed E-state index contributed by atoms with van der Waals surface area (Å²) in [6, 6.07) is 18.7. The SMILES string of the molecule is C=C(C)[C@@H]1CC[C@]2(NCCCc3ccccc3)CC[C@]3(C)[C@H](CC[C@@H]4[C@@]5(C)CC=C(c6ccc(C(=O)O)cc6)C(C)(C)[C@@H]5CC[C@]43C)[C@@H]12. The summed E-state index contributed by atoms with van der Waals surface area (Å²) >= 11 is 0. The van der Waals surface area contributed by atoms with Crippen molar-refractivity contribution in [2.24, 2.45) is 51.2 Å². The maximum atomic E-state index is 11.6. The van der Waals surface area contributed by atoms with Crippen LogP contribution in [0.1, 0.15) is 127 Å². The third kappa shape index (κ3) is 5.03. The number of hydrogen-bond donors (Lipinski definition) is 2. The number of benzene rings is 2. The number of carboxylic acids is 1. The first-order chi connectivity index (χ1) is 22.8. The molecule has 4 saturated carbocycles. The quantitative estimate of drug-likeness (QED) is 0.221. The molecule has 0 unspecified atom stereocenters. The van der Waals surface area contributed by atoms with Gasteiger partial charge in [0.05, 0.1) is 5.56 Å². The number of rotatable bonds is 8. The highest BCUT2D eigenvalue weighted by Gasteiger charge is 2.70. The molecule has 7 rings (SSSR count). The summed E-state index contributed by atoms with van der Waals surface area (Å²) in [6.07, 6.45) is 16.6. The summed E-state index contributed by atoms with van der Waals surface area (Å²) in [5.41, 5.74) is 7.08. The molecule has 48 heavy (non-hydrogen) atoms. The van der Waals surface area contributed by atoms with Crippen LogP contribution >= 0.6 is 0 Å². The smallest absolute Gasteiger partial charge is 0.335 e. The Hall–Kier alpha value is -2.65. The lowest BCUT2D eigenvalue weighted by Crippen LogP contribution is -2.68. The van der Waals surface area contributed by atoms with Gasteiger partial charge in [-0.3, -0.25) is 0 Å². The van der Waals surface area contributed by atoms with E-state index in [1.54, 1.807) is 12.1 Å². The summed E-state index contributed by atoms with van der Waals surface area (Å²) in [5, 5.41) is 13.8. The Kier molecular flexibility index (Phi) is 8.45. The fraction of sp³-hybridized carbons (Fsp3) is 0.622. The van der Waals surface area contributed by atoms with Gasteiger partial charge in [0.2, 0.25) is 0 Å². The number of aryl methyl sites for hydroxylation is 1. The van der Waals surface area contributed by atoms with Gasteiger partial charge in [-0.1, -0.05) is 95.3 Å². The topological polar surface area (TPSA) is 49.3 Å². The monoisotopic (exact) mass is 647 g/mol. The van der Waals surface area contributed by atoms with Gasteiger partial charge in [-0.2, -0.15) is 0 Å². The van der Waals surface area contributed by atoms with E-state index in [2.05, 4.69) is 89.8 Å². The Morgan fingerprint density at radius 1 is 0.854 bits per heavy atom. The Morgan fingerprint density at radius 3 is 2.27 bits per heavy atom. The summed E-state index contributed by atoms with van der Waals surface area (Å²) in [4.78, 5) is 11.6. The molecule has 2 aromatic carbocycles. The van der Waals surface area contributed by atoms with Crippen molar-refractivity contribution in [1.82, 2.24) is 5.32 Å². The van der Waals surface area contributed by atoms with E-state index in [1.165, 1.54) is 80.1 Å². The molecule has 0 bridgehead atoms. The van der Waals surface area contributed by atoms with E-state index in [9.17, 15) is 9.90 Å². The Labute approximate surface area is 291 Å².